The molecule has 2 aromatic carbocycles. The van der Waals surface area contributed by atoms with Crippen molar-refractivity contribution in [2.75, 3.05) is 0 Å². The predicted molar refractivity (Wildman–Crippen MR) is 97.3 cm³/mol. The van der Waals surface area contributed by atoms with Gasteiger partial charge in [-0.05, 0) is 35.0 Å². The molecule has 1 heterocycles. The molecule has 25 heavy (non-hydrogen) atoms. The molecular formula is C19H15BrFN3O. The fourth-order valence-electron chi connectivity index (χ4n) is 2.83. The van der Waals surface area contributed by atoms with E-state index in [-0.39, 0.29) is 18.0 Å². The topological polar surface area (TPSA) is 57.8 Å². The molecule has 0 aliphatic rings. The second-order valence-electron chi connectivity index (χ2n) is 5.65. The summed E-state index contributed by atoms with van der Waals surface area (Å²) < 4.78 is 16.7. The summed E-state index contributed by atoms with van der Waals surface area (Å²) >= 11 is 3.55. The maximum Gasteiger partial charge on any atom is 0.241 e. The summed E-state index contributed by atoms with van der Waals surface area (Å²) in [4.78, 5) is 12.5. The van der Waals surface area contributed by atoms with Crippen LogP contribution in [0.1, 0.15) is 17.3 Å². The molecule has 1 atom stereocenters. The van der Waals surface area contributed by atoms with Gasteiger partial charge in [0.1, 0.15) is 18.4 Å². The number of nitrogens with one attached hydrogen (secondary N) is 1. The summed E-state index contributed by atoms with van der Waals surface area (Å²) in [6.45, 7) is 1.96. The summed E-state index contributed by atoms with van der Waals surface area (Å²) in [6.07, 6.45) is 0. The van der Waals surface area contributed by atoms with E-state index in [9.17, 15) is 14.4 Å². The van der Waals surface area contributed by atoms with Crippen LogP contribution in [0.15, 0.2) is 53.0 Å². The first-order valence-corrected chi connectivity index (χ1v) is 8.49. The van der Waals surface area contributed by atoms with Crippen LogP contribution in [0.2, 0.25) is 0 Å². The molecular weight excluding hydrogens is 385 g/mol. The molecule has 0 saturated heterocycles. The largest absolute Gasteiger partial charge is 0.335 e. The van der Waals surface area contributed by atoms with Gasteiger partial charge in [0, 0.05) is 26.6 Å². The van der Waals surface area contributed by atoms with Crippen LogP contribution < -0.4 is 5.32 Å². The zero-order valence-corrected chi connectivity index (χ0v) is 15.0. The number of hydrogen-bond donors (Lipinski definition) is 1. The molecule has 1 aromatic heterocycles. The van der Waals surface area contributed by atoms with E-state index in [1.807, 2.05) is 41.8 Å². The van der Waals surface area contributed by atoms with Crippen molar-refractivity contribution in [3.8, 4) is 6.07 Å². The lowest BCUT2D eigenvalue weighted by Crippen LogP contribution is -2.31. The van der Waals surface area contributed by atoms with Crippen LogP contribution in [0.3, 0.4) is 0 Å². The monoisotopic (exact) mass is 399 g/mol. The Labute approximate surface area is 153 Å². The van der Waals surface area contributed by atoms with Gasteiger partial charge >= 0.3 is 0 Å². The lowest BCUT2D eigenvalue weighted by Gasteiger charge is -2.14. The molecule has 126 valence electrons. The number of carbonyl (C=O) groups is 1. The van der Waals surface area contributed by atoms with Crippen LogP contribution in [0.4, 0.5) is 4.39 Å². The highest BCUT2D eigenvalue weighted by atomic mass is 79.9. The van der Waals surface area contributed by atoms with Crippen LogP contribution in [-0.4, -0.2) is 10.5 Å². The highest BCUT2D eigenvalue weighted by Crippen LogP contribution is 2.30. The molecule has 0 bridgehead atoms. The van der Waals surface area contributed by atoms with Gasteiger partial charge in [0.2, 0.25) is 5.91 Å². The number of amides is 1. The Morgan fingerprint density at radius 3 is 2.68 bits per heavy atom. The molecule has 0 fully saturated rings. The number of aromatic nitrogens is 1. The zero-order valence-electron chi connectivity index (χ0n) is 13.5. The van der Waals surface area contributed by atoms with Crippen LogP contribution >= 0.6 is 15.9 Å². The molecule has 0 saturated carbocycles. The Morgan fingerprint density at radius 2 is 1.96 bits per heavy atom. The third kappa shape index (κ3) is 3.28. The Balaban J connectivity index is 1.85. The van der Waals surface area contributed by atoms with Crippen molar-refractivity contribution in [2.45, 2.75) is 19.5 Å². The molecule has 1 unspecified atom stereocenters. The second-order valence-corrected chi connectivity index (χ2v) is 6.45. The van der Waals surface area contributed by atoms with Crippen molar-refractivity contribution < 1.29 is 9.18 Å². The first kappa shape index (κ1) is 17.2. The minimum atomic E-state index is -1.03. The average molecular weight is 400 g/mol. The number of hydrogen-bond acceptors (Lipinski definition) is 2. The Bertz CT molecular complexity index is 990. The highest BCUT2D eigenvalue weighted by molar-refractivity contribution is 9.10. The summed E-state index contributed by atoms with van der Waals surface area (Å²) in [5, 5.41) is 12.9. The van der Waals surface area contributed by atoms with Gasteiger partial charge in [0.05, 0.1) is 6.07 Å². The van der Waals surface area contributed by atoms with Crippen LogP contribution in [-0.2, 0) is 11.3 Å². The van der Waals surface area contributed by atoms with E-state index in [0.717, 1.165) is 21.1 Å². The number of nitrogens with zero attached hydrogens (tertiary/aromatic N) is 2. The van der Waals surface area contributed by atoms with E-state index < -0.39 is 11.9 Å². The standard InChI is InChI=1S/C19H15BrFN3O/c1-12-19(20)14-7-3-5-9-17(14)24(12)11-18(25)23-16(10-22)13-6-2-4-8-15(13)21/h2-9,16H,11H2,1H3,(H,23,25). The number of carbonyl (C=O) groups excluding carboxylic acids is 1. The van der Waals surface area contributed by atoms with Gasteiger partial charge in [-0.3, -0.25) is 4.79 Å². The van der Waals surface area contributed by atoms with E-state index in [0.29, 0.717) is 0 Å². The Hall–Kier alpha value is -2.65. The van der Waals surface area contributed by atoms with Crippen LogP contribution in [0.5, 0.6) is 0 Å². The average Bonchev–Trinajstić information content (AvgIpc) is 2.86. The number of fused-ring (bicyclic) bond motifs is 1. The van der Waals surface area contributed by atoms with E-state index in [2.05, 4.69) is 21.2 Å². The highest BCUT2D eigenvalue weighted by Gasteiger charge is 2.19. The fourth-order valence-corrected chi connectivity index (χ4v) is 3.38. The number of para-hydroxylation sites is 1. The van der Waals surface area contributed by atoms with Gasteiger partial charge < -0.3 is 9.88 Å². The van der Waals surface area contributed by atoms with Crippen molar-refractivity contribution >= 4 is 32.7 Å². The molecule has 6 heteroatoms. The van der Waals surface area contributed by atoms with E-state index in [4.69, 9.17) is 0 Å². The predicted octanol–water partition coefficient (Wildman–Crippen LogP) is 4.23. The summed E-state index contributed by atoms with van der Waals surface area (Å²) in [5.41, 5.74) is 1.99. The van der Waals surface area contributed by atoms with Crippen molar-refractivity contribution in [3.63, 3.8) is 0 Å². The quantitative estimate of drug-likeness (QED) is 0.713. The second kappa shape index (κ2) is 7.08. The molecule has 0 spiro atoms. The van der Waals surface area contributed by atoms with Gasteiger partial charge in [-0.15, -0.1) is 0 Å². The normalized spacial score (nSPS) is 11.9. The summed E-state index contributed by atoms with van der Waals surface area (Å²) in [7, 11) is 0. The fraction of sp³-hybridized carbons (Fsp3) is 0.158. The Morgan fingerprint density at radius 1 is 1.28 bits per heavy atom. The van der Waals surface area contributed by atoms with Crippen LogP contribution in [0, 0.1) is 24.1 Å². The maximum atomic E-state index is 13.9. The number of nitriles is 1. The Kier molecular flexibility index (Phi) is 4.86. The van der Waals surface area contributed by atoms with E-state index in [1.54, 1.807) is 12.1 Å². The van der Waals surface area contributed by atoms with Gasteiger partial charge in [-0.1, -0.05) is 36.4 Å². The first-order chi connectivity index (χ1) is 12.0. The molecule has 0 aliphatic carbocycles. The van der Waals surface area contributed by atoms with Gasteiger partial charge in [-0.25, -0.2) is 4.39 Å². The molecule has 0 aliphatic heterocycles. The summed E-state index contributed by atoms with van der Waals surface area (Å²) in [6, 6.07) is 14.6. The minimum absolute atomic E-state index is 0.0462. The van der Waals surface area contributed by atoms with Crippen molar-refractivity contribution in [3.05, 3.63) is 70.1 Å². The van der Waals surface area contributed by atoms with Crippen molar-refractivity contribution in [1.82, 2.24) is 9.88 Å². The number of halogens is 2. The van der Waals surface area contributed by atoms with Gasteiger partial charge in [0.15, 0.2) is 0 Å². The molecule has 4 nitrogen and oxygen atoms in total. The molecule has 0 radical (unpaired) electrons. The molecule has 1 N–H and O–H groups in total. The minimum Gasteiger partial charge on any atom is -0.335 e. The lowest BCUT2D eigenvalue weighted by molar-refractivity contribution is -0.122. The SMILES string of the molecule is Cc1c(Br)c2ccccc2n1CC(=O)NC(C#N)c1ccccc1F. The first-order valence-electron chi connectivity index (χ1n) is 7.69. The van der Waals surface area contributed by atoms with E-state index >= 15 is 0 Å². The third-order valence-electron chi connectivity index (χ3n) is 4.11. The van der Waals surface area contributed by atoms with Crippen molar-refractivity contribution in [1.29, 1.82) is 5.26 Å². The van der Waals surface area contributed by atoms with Crippen LogP contribution in [0.25, 0.3) is 10.9 Å². The summed E-state index contributed by atoms with van der Waals surface area (Å²) in [5.74, 6) is -0.870. The number of benzene rings is 2. The van der Waals surface area contributed by atoms with Gasteiger partial charge in [0.25, 0.3) is 0 Å². The molecule has 3 rings (SSSR count). The number of rotatable bonds is 4. The smallest absolute Gasteiger partial charge is 0.241 e. The lowest BCUT2D eigenvalue weighted by atomic mass is 10.1. The maximum absolute atomic E-state index is 13.9. The molecule has 3 aromatic rings. The van der Waals surface area contributed by atoms with Gasteiger partial charge in [-0.2, -0.15) is 5.26 Å². The molecule has 1 amide bonds. The zero-order chi connectivity index (χ0) is 18.0. The van der Waals surface area contributed by atoms with Crippen molar-refractivity contribution in [2.24, 2.45) is 0 Å². The van der Waals surface area contributed by atoms with E-state index in [1.165, 1.54) is 12.1 Å². The third-order valence-corrected chi connectivity index (χ3v) is 5.11.